The Hall–Kier alpha value is -1.96. The average Bonchev–Trinajstić information content (AvgIpc) is 3.17. The van der Waals surface area contributed by atoms with Crippen molar-refractivity contribution in [1.29, 1.82) is 0 Å². The lowest BCUT2D eigenvalue weighted by Crippen LogP contribution is -2.22. The first-order valence-electron chi connectivity index (χ1n) is 7.31. The Bertz CT molecular complexity index is 875. The van der Waals surface area contributed by atoms with Gasteiger partial charge >= 0.3 is 0 Å². The van der Waals surface area contributed by atoms with E-state index in [1.54, 1.807) is 48.1 Å². The molecule has 3 rings (SSSR count). The van der Waals surface area contributed by atoms with Gasteiger partial charge in [-0.05, 0) is 37.3 Å². The molecule has 0 saturated heterocycles. The van der Waals surface area contributed by atoms with Gasteiger partial charge < -0.3 is 14.3 Å². The Morgan fingerprint density at radius 3 is 2.64 bits per heavy atom. The monoisotopic (exact) mass is 396 g/mol. The molecule has 0 aliphatic rings. The molecule has 130 valence electrons. The number of anilines is 1. The zero-order chi connectivity index (χ0) is 18.0. The van der Waals surface area contributed by atoms with E-state index >= 15 is 0 Å². The van der Waals surface area contributed by atoms with Gasteiger partial charge in [-0.15, -0.1) is 10.2 Å². The average molecular weight is 397 g/mol. The molecular weight excluding hydrogens is 383 g/mol. The molecular formula is C16H14Cl2N4O2S. The van der Waals surface area contributed by atoms with Crippen LogP contribution in [0.5, 0.6) is 0 Å². The molecule has 2 aromatic heterocycles. The van der Waals surface area contributed by atoms with Crippen LogP contribution in [-0.2, 0) is 11.8 Å². The van der Waals surface area contributed by atoms with Crippen LogP contribution in [0.2, 0.25) is 10.0 Å². The van der Waals surface area contributed by atoms with Gasteiger partial charge in [-0.2, -0.15) is 0 Å². The maximum Gasteiger partial charge on any atom is 0.237 e. The summed E-state index contributed by atoms with van der Waals surface area (Å²) in [5.41, 5.74) is 0.546. The van der Waals surface area contributed by atoms with E-state index in [0.29, 0.717) is 32.5 Å². The van der Waals surface area contributed by atoms with Crippen LogP contribution in [0.3, 0.4) is 0 Å². The normalized spacial score (nSPS) is 12.2. The SMILES string of the molecule is CC(Sc1nnc(-c2ccco2)n1C)C(=O)Nc1cc(Cl)cc(Cl)c1. The van der Waals surface area contributed by atoms with Gasteiger partial charge in [-0.1, -0.05) is 35.0 Å². The molecule has 9 heteroatoms. The fourth-order valence-corrected chi connectivity index (χ4v) is 3.46. The van der Waals surface area contributed by atoms with Crippen molar-refractivity contribution in [3.05, 3.63) is 46.6 Å². The van der Waals surface area contributed by atoms with Crippen molar-refractivity contribution < 1.29 is 9.21 Å². The highest BCUT2D eigenvalue weighted by molar-refractivity contribution is 8.00. The second kappa shape index (κ2) is 7.51. The van der Waals surface area contributed by atoms with Crippen molar-refractivity contribution >= 4 is 46.6 Å². The molecule has 1 N–H and O–H groups in total. The third-order valence-electron chi connectivity index (χ3n) is 3.36. The molecule has 0 fully saturated rings. The highest BCUT2D eigenvalue weighted by Gasteiger charge is 2.20. The molecule has 0 bridgehead atoms. The summed E-state index contributed by atoms with van der Waals surface area (Å²) in [6, 6.07) is 8.47. The number of carbonyl (C=O) groups excluding carboxylic acids is 1. The maximum absolute atomic E-state index is 12.4. The number of thioether (sulfide) groups is 1. The minimum atomic E-state index is -0.398. The summed E-state index contributed by atoms with van der Waals surface area (Å²) in [5.74, 6) is 1.03. The molecule has 3 aromatic rings. The predicted molar refractivity (Wildman–Crippen MR) is 99.1 cm³/mol. The number of rotatable bonds is 5. The van der Waals surface area contributed by atoms with Crippen molar-refractivity contribution in [2.24, 2.45) is 7.05 Å². The van der Waals surface area contributed by atoms with Crippen LogP contribution in [0.4, 0.5) is 5.69 Å². The summed E-state index contributed by atoms with van der Waals surface area (Å²) in [5, 5.41) is 12.2. The Morgan fingerprint density at radius 1 is 1.28 bits per heavy atom. The highest BCUT2D eigenvalue weighted by Crippen LogP contribution is 2.27. The molecule has 0 aliphatic heterocycles. The van der Waals surface area contributed by atoms with E-state index in [0.717, 1.165) is 0 Å². The van der Waals surface area contributed by atoms with Crippen molar-refractivity contribution in [3.63, 3.8) is 0 Å². The summed E-state index contributed by atoms with van der Waals surface area (Å²) < 4.78 is 7.11. The number of amides is 1. The van der Waals surface area contributed by atoms with Gasteiger partial charge in [0.05, 0.1) is 11.5 Å². The van der Waals surface area contributed by atoms with E-state index in [1.807, 2.05) is 7.05 Å². The number of carbonyl (C=O) groups is 1. The van der Waals surface area contributed by atoms with Crippen LogP contribution in [0.25, 0.3) is 11.6 Å². The maximum atomic E-state index is 12.4. The highest BCUT2D eigenvalue weighted by atomic mass is 35.5. The third-order valence-corrected chi connectivity index (χ3v) is 4.93. The number of benzene rings is 1. The fourth-order valence-electron chi connectivity index (χ4n) is 2.12. The third kappa shape index (κ3) is 4.18. The van der Waals surface area contributed by atoms with Crippen molar-refractivity contribution in [3.8, 4) is 11.6 Å². The molecule has 0 aliphatic carbocycles. The zero-order valence-electron chi connectivity index (χ0n) is 13.4. The summed E-state index contributed by atoms with van der Waals surface area (Å²) in [6.07, 6.45) is 1.57. The van der Waals surface area contributed by atoms with Crippen molar-refractivity contribution in [2.75, 3.05) is 5.32 Å². The molecule has 1 atom stereocenters. The Balaban J connectivity index is 1.69. The lowest BCUT2D eigenvalue weighted by atomic mass is 10.3. The van der Waals surface area contributed by atoms with Crippen LogP contribution >= 0.6 is 35.0 Å². The van der Waals surface area contributed by atoms with E-state index in [2.05, 4.69) is 15.5 Å². The van der Waals surface area contributed by atoms with Gasteiger partial charge in [0.25, 0.3) is 0 Å². The van der Waals surface area contributed by atoms with Gasteiger partial charge in [0.2, 0.25) is 5.91 Å². The molecule has 0 spiro atoms. The minimum absolute atomic E-state index is 0.189. The van der Waals surface area contributed by atoms with E-state index in [9.17, 15) is 4.79 Å². The standard InChI is InChI=1S/C16H14Cl2N4O2S/c1-9(15(23)19-12-7-10(17)6-11(18)8-12)25-16-21-20-14(22(16)2)13-4-3-5-24-13/h3-9H,1-2H3,(H,19,23). The summed E-state index contributed by atoms with van der Waals surface area (Å²) in [7, 11) is 1.82. The lowest BCUT2D eigenvalue weighted by molar-refractivity contribution is -0.115. The van der Waals surface area contributed by atoms with Crippen molar-refractivity contribution in [1.82, 2.24) is 14.8 Å². The van der Waals surface area contributed by atoms with Gasteiger partial charge in [-0.25, -0.2) is 0 Å². The van der Waals surface area contributed by atoms with E-state index in [4.69, 9.17) is 27.6 Å². The smallest absolute Gasteiger partial charge is 0.237 e. The topological polar surface area (TPSA) is 73.0 Å². The Labute approximate surface area is 158 Å². The molecule has 0 radical (unpaired) electrons. The Morgan fingerprint density at radius 2 is 2.00 bits per heavy atom. The Kier molecular flexibility index (Phi) is 5.36. The van der Waals surface area contributed by atoms with E-state index in [-0.39, 0.29) is 5.91 Å². The number of hydrogen-bond donors (Lipinski definition) is 1. The molecule has 0 saturated carbocycles. The first kappa shape index (κ1) is 17.8. The van der Waals surface area contributed by atoms with E-state index in [1.165, 1.54) is 11.8 Å². The summed E-state index contributed by atoms with van der Waals surface area (Å²) in [6.45, 7) is 1.79. The van der Waals surface area contributed by atoms with Crippen LogP contribution in [-0.4, -0.2) is 25.9 Å². The molecule has 25 heavy (non-hydrogen) atoms. The van der Waals surface area contributed by atoms with Crippen LogP contribution in [0.15, 0.2) is 46.2 Å². The number of aromatic nitrogens is 3. The zero-order valence-corrected chi connectivity index (χ0v) is 15.7. The van der Waals surface area contributed by atoms with Gasteiger partial charge in [0, 0.05) is 22.8 Å². The number of nitrogens with one attached hydrogen (secondary N) is 1. The molecule has 1 unspecified atom stereocenters. The number of hydrogen-bond acceptors (Lipinski definition) is 5. The minimum Gasteiger partial charge on any atom is -0.461 e. The van der Waals surface area contributed by atoms with Gasteiger partial charge in [0.1, 0.15) is 0 Å². The predicted octanol–water partition coefficient (Wildman–Crippen LogP) is 4.50. The van der Waals surface area contributed by atoms with Crippen LogP contribution in [0, 0.1) is 0 Å². The number of nitrogens with zero attached hydrogens (tertiary/aromatic N) is 3. The van der Waals surface area contributed by atoms with Gasteiger partial charge in [0.15, 0.2) is 16.7 Å². The molecule has 2 heterocycles. The quantitative estimate of drug-likeness (QED) is 0.642. The molecule has 1 amide bonds. The summed E-state index contributed by atoms with van der Waals surface area (Å²) >= 11 is 13.2. The number of furan rings is 1. The lowest BCUT2D eigenvalue weighted by Gasteiger charge is -2.12. The van der Waals surface area contributed by atoms with Gasteiger partial charge in [-0.3, -0.25) is 4.79 Å². The van der Waals surface area contributed by atoms with E-state index < -0.39 is 5.25 Å². The molecule has 1 aromatic carbocycles. The summed E-state index contributed by atoms with van der Waals surface area (Å²) in [4.78, 5) is 12.4. The van der Waals surface area contributed by atoms with Crippen molar-refractivity contribution in [2.45, 2.75) is 17.3 Å². The first-order valence-corrected chi connectivity index (χ1v) is 8.94. The van der Waals surface area contributed by atoms with Crippen LogP contribution in [0.1, 0.15) is 6.92 Å². The second-order valence-electron chi connectivity index (χ2n) is 5.25. The van der Waals surface area contributed by atoms with Crippen LogP contribution < -0.4 is 5.32 Å². The second-order valence-corrected chi connectivity index (χ2v) is 7.43. The largest absolute Gasteiger partial charge is 0.461 e. The fraction of sp³-hybridized carbons (Fsp3) is 0.188. The molecule has 6 nitrogen and oxygen atoms in total. The first-order chi connectivity index (χ1) is 11.9. The number of halogens is 2.